The largest absolute Gasteiger partial charge is 0.480 e. The molecule has 0 heterocycles. The van der Waals surface area contributed by atoms with Crippen LogP contribution >= 0.6 is 0 Å². The molecule has 0 aromatic heterocycles. The first kappa shape index (κ1) is 27.1. The van der Waals surface area contributed by atoms with Crippen molar-refractivity contribution in [2.75, 3.05) is 19.6 Å². The minimum Gasteiger partial charge on any atom is -0.480 e. The SMILES string of the molecule is CC(NC(=O)C(CCCN=C(N)N)NC(=O)CNC(=O)C(N)CCCCN)C(=O)O. The van der Waals surface area contributed by atoms with Gasteiger partial charge in [-0.15, -0.1) is 0 Å². The van der Waals surface area contributed by atoms with Gasteiger partial charge in [0.15, 0.2) is 5.96 Å². The number of carboxylic acids is 1. The van der Waals surface area contributed by atoms with Gasteiger partial charge in [0.05, 0.1) is 12.6 Å². The van der Waals surface area contributed by atoms with E-state index < -0.39 is 41.8 Å². The molecule has 0 saturated carbocycles. The van der Waals surface area contributed by atoms with E-state index in [2.05, 4.69) is 20.9 Å². The van der Waals surface area contributed by atoms with Crippen molar-refractivity contribution < 1.29 is 24.3 Å². The molecule has 0 spiro atoms. The lowest BCUT2D eigenvalue weighted by Crippen LogP contribution is -2.53. The molecule has 13 nitrogen and oxygen atoms in total. The molecule has 0 aromatic rings. The van der Waals surface area contributed by atoms with E-state index in [0.717, 1.165) is 6.42 Å². The highest BCUT2D eigenvalue weighted by molar-refractivity contribution is 5.92. The van der Waals surface area contributed by atoms with E-state index in [-0.39, 0.29) is 25.5 Å². The van der Waals surface area contributed by atoms with Gasteiger partial charge in [0, 0.05) is 6.54 Å². The van der Waals surface area contributed by atoms with E-state index in [1.165, 1.54) is 6.92 Å². The van der Waals surface area contributed by atoms with Gasteiger partial charge in [-0.2, -0.15) is 0 Å². The van der Waals surface area contributed by atoms with Crippen molar-refractivity contribution >= 4 is 29.7 Å². The topological polar surface area (TPSA) is 241 Å². The Morgan fingerprint density at radius 3 is 2.23 bits per heavy atom. The number of aliphatic carboxylic acids is 1. The van der Waals surface area contributed by atoms with Crippen molar-refractivity contribution in [3.8, 4) is 0 Å². The fourth-order valence-corrected chi connectivity index (χ4v) is 2.33. The molecule has 0 bridgehead atoms. The summed E-state index contributed by atoms with van der Waals surface area (Å²) in [7, 11) is 0. The number of carbonyl (C=O) groups excluding carboxylic acids is 3. The van der Waals surface area contributed by atoms with Crippen LogP contribution in [0.1, 0.15) is 39.0 Å². The minimum absolute atomic E-state index is 0.106. The molecule has 0 saturated heterocycles. The number of hydrogen-bond donors (Lipinski definition) is 8. The van der Waals surface area contributed by atoms with Gasteiger partial charge >= 0.3 is 5.97 Å². The van der Waals surface area contributed by atoms with Crippen molar-refractivity contribution in [3.63, 3.8) is 0 Å². The maximum Gasteiger partial charge on any atom is 0.325 e. The van der Waals surface area contributed by atoms with E-state index >= 15 is 0 Å². The van der Waals surface area contributed by atoms with Gasteiger partial charge in [-0.25, -0.2) is 0 Å². The molecule has 13 heteroatoms. The van der Waals surface area contributed by atoms with Gasteiger partial charge < -0.3 is 44.0 Å². The number of rotatable bonds is 15. The summed E-state index contributed by atoms with van der Waals surface area (Å²) >= 11 is 0. The van der Waals surface area contributed by atoms with E-state index in [0.29, 0.717) is 25.8 Å². The highest BCUT2D eigenvalue weighted by Gasteiger charge is 2.24. The molecular formula is C17H34N8O5. The average molecular weight is 431 g/mol. The molecule has 12 N–H and O–H groups in total. The van der Waals surface area contributed by atoms with Gasteiger partial charge in [0.2, 0.25) is 17.7 Å². The summed E-state index contributed by atoms with van der Waals surface area (Å²) in [6.45, 7) is 1.65. The molecule has 0 rings (SSSR count). The van der Waals surface area contributed by atoms with Crippen LogP contribution in [0.5, 0.6) is 0 Å². The smallest absolute Gasteiger partial charge is 0.325 e. The quantitative estimate of drug-likeness (QED) is 0.0735. The summed E-state index contributed by atoms with van der Waals surface area (Å²) in [5.74, 6) is -3.11. The highest BCUT2D eigenvalue weighted by atomic mass is 16.4. The molecular weight excluding hydrogens is 396 g/mol. The number of nitrogens with two attached hydrogens (primary N) is 4. The molecule has 0 aliphatic carbocycles. The molecule has 172 valence electrons. The highest BCUT2D eigenvalue weighted by Crippen LogP contribution is 2.01. The predicted octanol–water partition coefficient (Wildman–Crippen LogP) is -3.31. The second-order valence-electron chi connectivity index (χ2n) is 6.75. The van der Waals surface area contributed by atoms with E-state index in [1.54, 1.807) is 0 Å². The Hall–Kier alpha value is -2.93. The van der Waals surface area contributed by atoms with Gasteiger partial charge in [-0.3, -0.25) is 24.2 Å². The third kappa shape index (κ3) is 12.5. The summed E-state index contributed by atoms with van der Waals surface area (Å²) in [4.78, 5) is 51.1. The van der Waals surface area contributed by atoms with Gasteiger partial charge in [-0.1, -0.05) is 6.42 Å². The number of nitrogens with one attached hydrogen (secondary N) is 3. The van der Waals surface area contributed by atoms with Gasteiger partial charge in [0.1, 0.15) is 12.1 Å². The van der Waals surface area contributed by atoms with Crippen LogP contribution in [0.2, 0.25) is 0 Å². The first-order valence-electron chi connectivity index (χ1n) is 9.69. The van der Waals surface area contributed by atoms with Crippen LogP contribution < -0.4 is 38.9 Å². The molecule has 0 fully saturated rings. The number of carboxylic acid groups (broad SMARTS) is 1. The van der Waals surface area contributed by atoms with Crippen molar-refractivity contribution in [2.24, 2.45) is 27.9 Å². The number of unbranched alkanes of at least 4 members (excludes halogenated alkanes) is 1. The lowest BCUT2D eigenvalue weighted by atomic mass is 10.1. The summed E-state index contributed by atoms with van der Waals surface area (Å²) < 4.78 is 0. The van der Waals surface area contributed by atoms with Crippen LogP contribution in [-0.2, 0) is 19.2 Å². The zero-order valence-corrected chi connectivity index (χ0v) is 17.2. The van der Waals surface area contributed by atoms with Crippen molar-refractivity contribution in [1.29, 1.82) is 0 Å². The van der Waals surface area contributed by atoms with Gasteiger partial charge in [-0.05, 0) is 39.2 Å². The number of aliphatic imine (C=N–C) groups is 1. The lowest BCUT2D eigenvalue weighted by molar-refractivity contribution is -0.141. The van der Waals surface area contributed by atoms with E-state index in [1.807, 2.05) is 0 Å². The summed E-state index contributed by atoms with van der Waals surface area (Å²) in [6, 6.07) is -2.93. The van der Waals surface area contributed by atoms with Crippen LogP contribution in [0.25, 0.3) is 0 Å². The molecule has 3 amide bonds. The Morgan fingerprint density at radius 2 is 1.67 bits per heavy atom. The number of amides is 3. The molecule has 0 aromatic carbocycles. The van der Waals surface area contributed by atoms with Crippen molar-refractivity contribution in [2.45, 2.75) is 57.2 Å². The predicted molar refractivity (Wildman–Crippen MR) is 111 cm³/mol. The Labute approximate surface area is 175 Å². The van der Waals surface area contributed by atoms with Crippen LogP contribution in [-0.4, -0.2) is 72.5 Å². The maximum absolute atomic E-state index is 12.3. The normalized spacial score (nSPS) is 13.4. The average Bonchev–Trinajstić information content (AvgIpc) is 2.67. The molecule has 3 unspecified atom stereocenters. The molecule has 30 heavy (non-hydrogen) atoms. The standard InChI is InChI=1S/C17H34N8O5/c1-10(16(29)30)24-15(28)12(6-4-8-22-17(20)21)25-13(26)9-23-14(27)11(19)5-2-3-7-18/h10-12H,2-9,18-19H2,1H3,(H,23,27)(H,24,28)(H,25,26)(H,29,30)(H4,20,21,22). The molecule has 0 aliphatic rings. The zero-order chi connectivity index (χ0) is 23.1. The number of guanidine groups is 1. The summed E-state index contributed by atoms with van der Waals surface area (Å²) in [5, 5.41) is 16.1. The third-order valence-electron chi connectivity index (χ3n) is 4.06. The monoisotopic (exact) mass is 430 g/mol. The molecule has 0 radical (unpaired) electrons. The number of hydrogen-bond acceptors (Lipinski definition) is 7. The molecule has 0 aliphatic heterocycles. The van der Waals surface area contributed by atoms with Crippen LogP contribution in [0.3, 0.4) is 0 Å². The van der Waals surface area contributed by atoms with Crippen LogP contribution in [0, 0.1) is 0 Å². The second-order valence-corrected chi connectivity index (χ2v) is 6.75. The lowest BCUT2D eigenvalue weighted by Gasteiger charge is -2.20. The zero-order valence-electron chi connectivity index (χ0n) is 17.2. The van der Waals surface area contributed by atoms with Crippen LogP contribution in [0.15, 0.2) is 4.99 Å². The minimum atomic E-state index is -1.22. The Bertz CT molecular complexity index is 609. The number of carbonyl (C=O) groups is 4. The van der Waals surface area contributed by atoms with E-state index in [9.17, 15) is 19.2 Å². The van der Waals surface area contributed by atoms with E-state index in [4.69, 9.17) is 28.0 Å². The molecule has 3 atom stereocenters. The Balaban J connectivity index is 4.72. The summed E-state index contributed by atoms with van der Waals surface area (Å²) in [5.41, 5.74) is 21.6. The third-order valence-corrected chi connectivity index (χ3v) is 4.06. The van der Waals surface area contributed by atoms with Gasteiger partial charge in [0.25, 0.3) is 0 Å². The first-order chi connectivity index (χ1) is 14.1. The number of nitrogens with zero attached hydrogens (tertiary/aromatic N) is 1. The van der Waals surface area contributed by atoms with Crippen LogP contribution in [0.4, 0.5) is 0 Å². The fraction of sp³-hybridized carbons (Fsp3) is 0.706. The fourth-order valence-electron chi connectivity index (χ4n) is 2.33. The van der Waals surface area contributed by atoms with Crippen molar-refractivity contribution in [1.82, 2.24) is 16.0 Å². The second kappa shape index (κ2) is 15.0. The first-order valence-corrected chi connectivity index (χ1v) is 9.69. The maximum atomic E-state index is 12.3. The Morgan fingerprint density at radius 1 is 1.00 bits per heavy atom. The van der Waals surface area contributed by atoms with Crippen molar-refractivity contribution in [3.05, 3.63) is 0 Å². The summed E-state index contributed by atoms with van der Waals surface area (Å²) in [6.07, 6.45) is 2.39. The Kier molecular flexibility index (Phi) is 13.5.